The molecule has 1 aliphatic carbocycles. The third-order valence-electron chi connectivity index (χ3n) is 10.8. The van der Waals surface area contributed by atoms with E-state index in [0.717, 1.165) is 35.2 Å². The number of hydrogen-bond acceptors (Lipinski definition) is 2. The molecule has 0 saturated heterocycles. The molecule has 10 rings (SSSR count). The fourth-order valence-electron chi connectivity index (χ4n) is 8.06. The highest BCUT2D eigenvalue weighted by Gasteiger charge is 2.20. The Bertz CT molecular complexity index is 2770. The second-order valence-electron chi connectivity index (χ2n) is 13.9. The molecule has 0 saturated carbocycles. The SMILES string of the molecule is C1=C(c2ccc3c4ccccc4c4cc5ccccc5nc4c3c2)CCC(N(c2ccc(-c3ccccc3)cc2)c2ccc(-c3ccccc3)cc2)=C1. The lowest BCUT2D eigenvalue weighted by Gasteiger charge is -2.30. The third kappa shape index (κ3) is 5.66. The Morgan fingerprint density at radius 2 is 0.887 bits per heavy atom. The molecule has 0 fully saturated rings. The van der Waals surface area contributed by atoms with Gasteiger partial charge in [0.05, 0.1) is 11.0 Å². The fourth-order valence-corrected chi connectivity index (χ4v) is 8.06. The molecule has 250 valence electrons. The maximum absolute atomic E-state index is 5.26. The average molecular weight is 677 g/mol. The van der Waals surface area contributed by atoms with Gasteiger partial charge in [0.25, 0.3) is 0 Å². The van der Waals surface area contributed by atoms with E-state index in [-0.39, 0.29) is 0 Å². The van der Waals surface area contributed by atoms with Crippen LogP contribution in [0.15, 0.2) is 200 Å². The van der Waals surface area contributed by atoms with E-state index >= 15 is 0 Å². The quantitative estimate of drug-likeness (QED) is 0.129. The largest absolute Gasteiger partial charge is 0.314 e. The monoisotopic (exact) mass is 676 g/mol. The van der Waals surface area contributed by atoms with E-state index in [1.165, 1.54) is 71.4 Å². The second kappa shape index (κ2) is 13.1. The molecule has 1 aromatic heterocycles. The molecule has 0 amide bonds. The number of pyridine rings is 1. The zero-order valence-electron chi connectivity index (χ0n) is 29.3. The van der Waals surface area contributed by atoms with Crippen molar-refractivity contribution < 1.29 is 0 Å². The van der Waals surface area contributed by atoms with Crippen LogP contribution in [0.2, 0.25) is 0 Å². The number of hydrogen-bond donors (Lipinski definition) is 0. The van der Waals surface area contributed by atoms with Crippen LogP contribution in [0.5, 0.6) is 0 Å². The van der Waals surface area contributed by atoms with E-state index < -0.39 is 0 Å². The van der Waals surface area contributed by atoms with E-state index in [1.54, 1.807) is 0 Å². The van der Waals surface area contributed by atoms with Crippen LogP contribution in [0, 0.1) is 0 Å². The van der Waals surface area contributed by atoms with Crippen molar-refractivity contribution in [2.24, 2.45) is 0 Å². The molecule has 0 unspecified atom stereocenters. The molecule has 0 radical (unpaired) electrons. The van der Waals surface area contributed by atoms with Gasteiger partial charge in [0, 0.05) is 33.2 Å². The normalized spacial score (nSPS) is 13.0. The van der Waals surface area contributed by atoms with Gasteiger partial charge in [0.2, 0.25) is 0 Å². The van der Waals surface area contributed by atoms with Gasteiger partial charge in [-0.25, -0.2) is 4.98 Å². The van der Waals surface area contributed by atoms with Crippen molar-refractivity contribution in [3.63, 3.8) is 0 Å². The molecule has 0 aliphatic heterocycles. The van der Waals surface area contributed by atoms with E-state index in [0.29, 0.717) is 0 Å². The van der Waals surface area contributed by atoms with Gasteiger partial charge in [0.15, 0.2) is 0 Å². The van der Waals surface area contributed by atoms with Gasteiger partial charge in [-0.2, -0.15) is 0 Å². The number of aromatic nitrogens is 1. The first-order valence-corrected chi connectivity index (χ1v) is 18.4. The smallest absolute Gasteiger partial charge is 0.0794 e. The number of fused-ring (bicyclic) bond motifs is 7. The van der Waals surface area contributed by atoms with Crippen molar-refractivity contribution in [3.05, 3.63) is 205 Å². The first-order valence-electron chi connectivity index (χ1n) is 18.4. The minimum Gasteiger partial charge on any atom is -0.314 e. The van der Waals surface area contributed by atoms with Gasteiger partial charge < -0.3 is 4.90 Å². The molecule has 53 heavy (non-hydrogen) atoms. The molecular weight excluding hydrogens is 641 g/mol. The molecule has 1 heterocycles. The lowest BCUT2D eigenvalue weighted by atomic mass is 9.90. The zero-order chi connectivity index (χ0) is 35.1. The van der Waals surface area contributed by atoms with Crippen molar-refractivity contribution in [3.8, 4) is 22.3 Å². The highest BCUT2D eigenvalue weighted by Crippen LogP contribution is 2.40. The Labute approximate surface area is 309 Å². The molecule has 2 heteroatoms. The summed E-state index contributed by atoms with van der Waals surface area (Å²) in [4.78, 5) is 7.68. The van der Waals surface area contributed by atoms with Crippen LogP contribution in [0.25, 0.3) is 71.2 Å². The summed E-state index contributed by atoms with van der Waals surface area (Å²) in [6.45, 7) is 0. The molecule has 2 nitrogen and oxygen atoms in total. The maximum Gasteiger partial charge on any atom is 0.0794 e. The fraction of sp³-hybridized carbons (Fsp3) is 0.0392. The number of allylic oxidation sites excluding steroid dienone is 4. The lowest BCUT2D eigenvalue weighted by molar-refractivity contribution is 0.930. The first-order chi connectivity index (χ1) is 26.3. The summed E-state index contributed by atoms with van der Waals surface area (Å²) < 4.78 is 0. The Hall–Kier alpha value is -6.77. The number of benzene rings is 8. The molecule has 0 atom stereocenters. The Balaban J connectivity index is 1.06. The van der Waals surface area contributed by atoms with Crippen molar-refractivity contribution in [1.82, 2.24) is 4.98 Å². The average Bonchev–Trinajstić information content (AvgIpc) is 3.24. The maximum atomic E-state index is 5.26. The molecular formula is C51H36N2. The van der Waals surface area contributed by atoms with Crippen molar-refractivity contribution >= 4 is 60.3 Å². The topological polar surface area (TPSA) is 16.1 Å². The third-order valence-corrected chi connectivity index (χ3v) is 10.8. The number of nitrogens with zero attached hydrogens (tertiary/aromatic N) is 2. The van der Waals surface area contributed by atoms with Gasteiger partial charge in [-0.3, -0.25) is 0 Å². The van der Waals surface area contributed by atoms with Crippen LogP contribution in [0.3, 0.4) is 0 Å². The second-order valence-corrected chi connectivity index (χ2v) is 13.9. The summed E-state index contributed by atoms with van der Waals surface area (Å²) in [7, 11) is 0. The van der Waals surface area contributed by atoms with Gasteiger partial charge in [-0.05, 0) is 111 Å². The summed E-state index contributed by atoms with van der Waals surface area (Å²) in [5, 5.41) is 7.34. The van der Waals surface area contributed by atoms with Crippen molar-refractivity contribution in [2.45, 2.75) is 12.8 Å². The summed E-state index contributed by atoms with van der Waals surface area (Å²) in [6.07, 6.45) is 6.52. The van der Waals surface area contributed by atoms with Gasteiger partial charge in [-0.15, -0.1) is 0 Å². The zero-order valence-corrected chi connectivity index (χ0v) is 29.3. The van der Waals surface area contributed by atoms with E-state index in [9.17, 15) is 0 Å². The molecule has 1 aliphatic rings. The van der Waals surface area contributed by atoms with Crippen molar-refractivity contribution in [1.29, 1.82) is 0 Å². The van der Waals surface area contributed by atoms with Crippen molar-refractivity contribution in [2.75, 3.05) is 4.90 Å². The minimum atomic E-state index is 0.923. The predicted octanol–water partition coefficient (Wildman–Crippen LogP) is 13.9. The summed E-state index contributed by atoms with van der Waals surface area (Å²) in [5.41, 5.74) is 13.2. The summed E-state index contributed by atoms with van der Waals surface area (Å²) in [5.74, 6) is 0. The van der Waals surface area contributed by atoms with Crippen LogP contribution in [-0.2, 0) is 0 Å². The van der Waals surface area contributed by atoms with Gasteiger partial charge in [0.1, 0.15) is 0 Å². The van der Waals surface area contributed by atoms with E-state index in [1.807, 2.05) is 0 Å². The van der Waals surface area contributed by atoms with Gasteiger partial charge in [-0.1, -0.05) is 146 Å². The Kier molecular flexibility index (Phi) is 7.66. The van der Waals surface area contributed by atoms with E-state index in [2.05, 4.69) is 199 Å². The molecule has 0 bridgehead atoms. The molecule has 8 aromatic carbocycles. The number of para-hydroxylation sites is 1. The van der Waals surface area contributed by atoms with Crippen LogP contribution in [-0.4, -0.2) is 4.98 Å². The summed E-state index contributed by atoms with van der Waals surface area (Å²) >= 11 is 0. The molecule has 9 aromatic rings. The van der Waals surface area contributed by atoms with Crippen LogP contribution >= 0.6 is 0 Å². The predicted molar refractivity (Wildman–Crippen MR) is 225 cm³/mol. The standard InChI is InChI=1S/C51H36N2/c1-3-11-35(12-4-1)37-19-26-42(27-20-37)53(43-28-21-38(22-29-43)36-13-5-2-6-14-36)44-30-23-39(24-31-44)40-25-32-47-45-16-8-9-17-46(45)49-34-41-15-7-10-18-50(41)52-51(49)48(47)33-40/h1-23,25-30,32-34H,24,31H2. The van der Waals surface area contributed by atoms with E-state index in [4.69, 9.17) is 4.98 Å². The minimum absolute atomic E-state index is 0.923. The Morgan fingerprint density at radius 3 is 1.51 bits per heavy atom. The first kappa shape index (κ1) is 31.0. The van der Waals surface area contributed by atoms with Crippen LogP contribution in [0.1, 0.15) is 18.4 Å². The molecule has 0 spiro atoms. The van der Waals surface area contributed by atoms with Crippen LogP contribution in [0.4, 0.5) is 11.4 Å². The lowest BCUT2D eigenvalue weighted by Crippen LogP contribution is -2.17. The molecule has 0 N–H and O–H groups in total. The summed E-state index contributed by atoms with van der Waals surface area (Å²) in [6, 6.07) is 65.6. The van der Waals surface area contributed by atoms with Crippen LogP contribution < -0.4 is 4.90 Å². The highest BCUT2D eigenvalue weighted by atomic mass is 15.1. The Morgan fingerprint density at radius 1 is 0.377 bits per heavy atom. The number of rotatable bonds is 6. The van der Waals surface area contributed by atoms with Gasteiger partial charge >= 0.3 is 0 Å². The highest BCUT2D eigenvalue weighted by molar-refractivity contribution is 6.25. The number of anilines is 2.